The van der Waals surface area contributed by atoms with E-state index in [-0.39, 0.29) is 0 Å². The highest BCUT2D eigenvalue weighted by Crippen LogP contribution is 2.28. The molecule has 0 N–H and O–H groups in total. The standard InChI is InChI=1S/C23H18N3/c1-2-8-18(9-3-1)16-25-14-15-26(17-25)23-19-10-4-6-12-21(19)24-22-13-7-5-11-20(22)23/h1-15,17H,16H2/q+1. The smallest absolute Gasteiger partial charge is 0.247 e. The van der Waals surface area contributed by atoms with Crippen LogP contribution in [0.1, 0.15) is 5.56 Å². The van der Waals surface area contributed by atoms with Gasteiger partial charge in [-0.1, -0.05) is 54.6 Å². The Morgan fingerprint density at radius 1 is 0.731 bits per heavy atom. The molecule has 124 valence electrons. The molecule has 5 aromatic rings. The van der Waals surface area contributed by atoms with Gasteiger partial charge in [0.05, 0.1) is 11.0 Å². The third-order valence-electron chi connectivity index (χ3n) is 4.72. The number of rotatable bonds is 3. The summed E-state index contributed by atoms with van der Waals surface area (Å²) in [5, 5.41) is 2.32. The quantitative estimate of drug-likeness (QED) is 0.351. The Balaban J connectivity index is 1.68. The van der Waals surface area contributed by atoms with Gasteiger partial charge in [-0.15, -0.1) is 0 Å². The van der Waals surface area contributed by atoms with Crippen LogP contribution in [0.3, 0.4) is 0 Å². The van der Waals surface area contributed by atoms with E-state index in [1.807, 2.05) is 12.1 Å². The Kier molecular flexibility index (Phi) is 3.49. The van der Waals surface area contributed by atoms with Crippen molar-refractivity contribution in [1.29, 1.82) is 0 Å². The molecule has 0 atom stereocenters. The van der Waals surface area contributed by atoms with Crippen LogP contribution in [0.2, 0.25) is 0 Å². The normalized spacial score (nSPS) is 11.2. The second-order valence-electron chi connectivity index (χ2n) is 6.47. The average molecular weight is 336 g/mol. The Morgan fingerprint density at radius 3 is 2.04 bits per heavy atom. The van der Waals surface area contributed by atoms with Gasteiger partial charge in [-0.3, -0.25) is 0 Å². The maximum Gasteiger partial charge on any atom is 0.249 e. The number of para-hydroxylation sites is 2. The molecule has 0 spiro atoms. The average Bonchev–Trinajstić information content (AvgIpc) is 3.14. The molecule has 5 rings (SSSR count). The van der Waals surface area contributed by atoms with E-state index in [0.29, 0.717) is 0 Å². The first-order valence-corrected chi connectivity index (χ1v) is 8.77. The molecule has 0 aliphatic heterocycles. The fourth-order valence-corrected chi connectivity index (χ4v) is 3.51. The first kappa shape index (κ1) is 14.8. The molecule has 3 nitrogen and oxygen atoms in total. The van der Waals surface area contributed by atoms with Gasteiger partial charge >= 0.3 is 0 Å². The van der Waals surface area contributed by atoms with E-state index in [0.717, 1.165) is 28.4 Å². The topological polar surface area (TPSA) is 21.7 Å². The van der Waals surface area contributed by atoms with Crippen LogP contribution in [0.25, 0.3) is 27.5 Å². The van der Waals surface area contributed by atoms with Crippen molar-refractivity contribution >= 4 is 21.8 Å². The molecule has 0 amide bonds. The summed E-state index contributed by atoms with van der Waals surface area (Å²) in [7, 11) is 0. The van der Waals surface area contributed by atoms with Crippen molar-refractivity contribution in [3.8, 4) is 5.69 Å². The number of aromatic nitrogens is 3. The summed E-state index contributed by atoms with van der Waals surface area (Å²) < 4.78 is 4.41. The van der Waals surface area contributed by atoms with Crippen LogP contribution in [0.5, 0.6) is 0 Å². The first-order chi connectivity index (χ1) is 12.9. The Bertz CT molecular complexity index is 1150. The second-order valence-corrected chi connectivity index (χ2v) is 6.47. The predicted molar refractivity (Wildman–Crippen MR) is 104 cm³/mol. The lowest BCUT2D eigenvalue weighted by Crippen LogP contribution is -2.31. The highest BCUT2D eigenvalue weighted by Gasteiger charge is 2.15. The molecular weight excluding hydrogens is 318 g/mol. The lowest BCUT2D eigenvalue weighted by molar-refractivity contribution is -0.687. The van der Waals surface area contributed by atoms with Crippen LogP contribution in [-0.2, 0) is 6.54 Å². The molecule has 0 unspecified atom stereocenters. The summed E-state index contributed by atoms with van der Waals surface area (Å²) >= 11 is 0. The van der Waals surface area contributed by atoms with Gasteiger partial charge in [0, 0.05) is 10.8 Å². The van der Waals surface area contributed by atoms with Crippen LogP contribution < -0.4 is 4.57 Å². The van der Waals surface area contributed by atoms with E-state index >= 15 is 0 Å². The van der Waals surface area contributed by atoms with Crippen LogP contribution in [0.15, 0.2) is 97.6 Å². The molecule has 3 aromatic carbocycles. The van der Waals surface area contributed by atoms with E-state index < -0.39 is 0 Å². The Labute approximate surface area is 151 Å². The third kappa shape index (κ3) is 2.54. The van der Waals surface area contributed by atoms with E-state index in [9.17, 15) is 0 Å². The largest absolute Gasteiger partial charge is 0.249 e. The Hall–Kier alpha value is -3.46. The van der Waals surface area contributed by atoms with Crippen LogP contribution in [0.4, 0.5) is 0 Å². The number of fused-ring (bicyclic) bond motifs is 2. The van der Waals surface area contributed by atoms with Gasteiger partial charge in [0.15, 0.2) is 5.69 Å². The number of pyridine rings is 1. The minimum absolute atomic E-state index is 0.856. The van der Waals surface area contributed by atoms with Crippen molar-refractivity contribution in [3.05, 3.63) is 103 Å². The van der Waals surface area contributed by atoms with E-state index in [4.69, 9.17) is 4.98 Å². The van der Waals surface area contributed by atoms with Gasteiger partial charge in [-0.25, -0.2) is 14.1 Å². The van der Waals surface area contributed by atoms with Crippen molar-refractivity contribution in [2.45, 2.75) is 6.54 Å². The maximum atomic E-state index is 4.82. The van der Waals surface area contributed by atoms with Crippen LogP contribution in [-0.4, -0.2) is 9.55 Å². The Morgan fingerprint density at radius 2 is 1.35 bits per heavy atom. The van der Waals surface area contributed by atoms with Crippen molar-refractivity contribution in [3.63, 3.8) is 0 Å². The number of imidazole rings is 1. The number of benzene rings is 3. The molecule has 0 radical (unpaired) electrons. The van der Waals surface area contributed by atoms with Crippen molar-refractivity contribution in [2.75, 3.05) is 0 Å². The molecule has 0 fully saturated rings. The van der Waals surface area contributed by atoms with Gasteiger partial charge in [-0.2, -0.15) is 0 Å². The minimum Gasteiger partial charge on any atom is -0.247 e. The molecule has 0 aliphatic carbocycles. The number of hydrogen-bond donors (Lipinski definition) is 0. The summed E-state index contributed by atoms with van der Waals surface area (Å²) in [5.74, 6) is 0. The highest BCUT2D eigenvalue weighted by atomic mass is 15.1. The molecule has 0 saturated heterocycles. The summed E-state index contributed by atoms with van der Waals surface area (Å²) in [4.78, 5) is 4.82. The SMILES string of the molecule is c1ccc(C[n+]2ccn(-c3c4ccccc4nc4ccccc34)c2)cc1. The second kappa shape index (κ2) is 6.12. The first-order valence-electron chi connectivity index (χ1n) is 8.77. The monoisotopic (exact) mass is 336 g/mol. The highest BCUT2D eigenvalue weighted by molar-refractivity contribution is 6.03. The molecule has 2 aromatic heterocycles. The summed E-state index contributed by atoms with van der Waals surface area (Å²) in [6, 6.07) is 27.2. The number of hydrogen-bond acceptors (Lipinski definition) is 1. The molecule has 3 heteroatoms. The predicted octanol–water partition coefficient (Wildman–Crippen LogP) is 4.51. The summed E-state index contributed by atoms with van der Waals surface area (Å²) in [5.41, 5.74) is 4.51. The zero-order valence-electron chi connectivity index (χ0n) is 14.3. The fourth-order valence-electron chi connectivity index (χ4n) is 3.51. The van der Waals surface area contributed by atoms with Crippen molar-refractivity contribution in [2.24, 2.45) is 0 Å². The zero-order valence-corrected chi connectivity index (χ0v) is 14.3. The molecule has 0 saturated carbocycles. The summed E-state index contributed by atoms with van der Waals surface area (Å²) in [6.45, 7) is 0.856. The molecule has 0 bridgehead atoms. The van der Waals surface area contributed by atoms with Crippen LogP contribution >= 0.6 is 0 Å². The van der Waals surface area contributed by atoms with Gasteiger partial charge in [-0.05, 0) is 29.8 Å². The van der Waals surface area contributed by atoms with Gasteiger partial charge < -0.3 is 0 Å². The van der Waals surface area contributed by atoms with Crippen LogP contribution in [0, 0.1) is 0 Å². The fraction of sp³-hybridized carbons (Fsp3) is 0.0435. The maximum absolute atomic E-state index is 4.82. The third-order valence-corrected chi connectivity index (χ3v) is 4.72. The minimum atomic E-state index is 0.856. The van der Waals surface area contributed by atoms with Gasteiger partial charge in [0.2, 0.25) is 6.33 Å². The van der Waals surface area contributed by atoms with E-state index in [1.54, 1.807) is 0 Å². The molecule has 0 aliphatic rings. The lowest BCUT2D eigenvalue weighted by Gasteiger charge is -2.07. The summed E-state index contributed by atoms with van der Waals surface area (Å²) in [6.07, 6.45) is 6.40. The van der Waals surface area contributed by atoms with Crippen molar-refractivity contribution in [1.82, 2.24) is 9.55 Å². The van der Waals surface area contributed by atoms with Crippen molar-refractivity contribution < 1.29 is 4.57 Å². The number of nitrogens with zero attached hydrogens (tertiary/aromatic N) is 3. The van der Waals surface area contributed by atoms with E-state index in [1.165, 1.54) is 11.3 Å². The van der Waals surface area contributed by atoms with E-state index in [2.05, 4.69) is 94.6 Å². The van der Waals surface area contributed by atoms with Gasteiger partial charge in [0.25, 0.3) is 0 Å². The lowest BCUT2D eigenvalue weighted by atomic mass is 10.1. The molecule has 26 heavy (non-hydrogen) atoms. The zero-order chi connectivity index (χ0) is 17.3. The molecular formula is C23H18N3+. The molecule has 2 heterocycles. The van der Waals surface area contributed by atoms with Gasteiger partial charge in [0.1, 0.15) is 18.9 Å².